The molecule has 0 saturated carbocycles. The molecular weight excluding hydrogens is 218 g/mol. The Morgan fingerprint density at radius 2 is 1.88 bits per heavy atom. The summed E-state index contributed by atoms with van der Waals surface area (Å²) in [6.07, 6.45) is 4.69. The van der Waals surface area contributed by atoms with Crippen LogP contribution < -0.4 is 5.32 Å². The van der Waals surface area contributed by atoms with Crippen LogP contribution in [-0.4, -0.2) is 28.3 Å². The molecule has 0 rings (SSSR count). The molecule has 3 heteroatoms. The molecule has 0 aliphatic carbocycles. The zero-order chi connectivity index (χ0) is 12.4. The molecule has 0 aromatic carbocycles. The van der Waals surface area contributed by atoms with E-state index in [0.29, 0.717) is 12.0 Å². The Hall–Kier alpha value is 0.110. The molecule has 0 aromatic heterocycles. The van der Waals surface area contributed by atoms with Crippen molar-refractivity contribution in [1.82, 2.24) is 5.32 Å². The second-order valence-electron chi connectivity index (χ2n) is 4.57. The van der Waals surface area contributed by atoms with Crippen molar-refractivity contribution >= 4 is 10.8 Å². The van der Waals surface area contributed by atoms with Gasteiger partial charge in [-0.2, -0.15) is 0 Å². The van der Waals surface area contributed by atoms with Gasteiger partial charge < -0.3 is 5.32 Å². The van der Waals surface area contributed by atoms with Crippen molar-refractivity contribution in [2.45, 2.75) is 59.4 Å². The van der Waals surface area contributed by atoms with Crippen LogP contribution in [0.25, 0.3) is 0 Å². The summed E-state index contributed by atoms with van der Waals surface area (Å²) in [6, 6.07) is 0.428. The second kappa shape index (κ2) is 10.3. The van der Waals surface area contributed by atoms with Crippen molar-refractivity contribution in [1.29, 1.82) is 0 Å². The zero-order valence-electron chi connectivity index (χ0n) is 11.4. The molecule has 0 aliphatic rings. The topological polar surface area (TPSA) is 29.1 Å². The van der Waals surface area contributed by atoms with E-state index < -0.39 is 10.8 Å². The highest BCUT2D eigenvalue weighted by Crippen LogP contribution is 2.09. The summed E-state index contributed by atoms with van der Waals surface area (Å²) in [4.78, 5) is 0. The van der Waals surface area contributed by atoms with E-state index in [2.05, 4.69) is 33.0 Å². The molecule has 0 amide bonds. The molecule has 0 fully saturated rings. The Kier molecular flexibility index (Phi) is 10.3. The van der Waals surface area contributed by atoms with E-state index in [1.807, 2.05) is 0 Å². The largest absolute Gasteiger partial charge is 0.313 e. The van der Waals surface area contributed by atoms with E-state index in [1.165, 1.54) is 12.8 Å². The molecule has 2 nitrogen and oxygen atoms in total. The van der Waals surface area contributed by atoms with Crippen LogP contribution in [0.15, 0.2) is 0 Å². The number of hydrogen-bond acceptors (Lipinski definition) is 2. The predicted octanol–water partition coefficient (Wildman–Crippen LogP) is 2.95. The molecule has 0 radical (unpaired) electrons. The van der Waals surface area contributed by atoms with Crippen molar-refractivity contribution in [3.63, 3.8) is 0 Å². The Labute approximate surface area is 104 Å². The first-order chi connectivity index (χ1) is 7.65. The molecule has 1 N–H and O–H groups in total. The third kappa shape index (κ3) is 7.39. The smallest absolute Gasteiger partial charge is 0.0391 e. The molecule has 3 unspecified atom stereocenters. The lowest BCUT2D eigenvalue weighted by Crippen LogP contribution is -2.39. The monoisotopic (exact) mass is 247 g/mol. The van der Waals surface area contributed by atoms with Gasteiger partial charge in [-0.1, -0.05) is 47.0 Å². The number of rotatable bonds is 10. The summed E-state index contributed by atoms with van der Waals surface area (Å²) in [6.45, 7) is 9.73. The minimum Gasteiger partial charge on any atom is -0.313 e. The van der Waals surface area contributed by atoms with Crippen LogP contribution in [0.2, 0.25) is 0 Å². The number of hydrogen-bond donors (Lipinski definition) is 1. The molecule has 16 heavy (non-hydrogen) atoms. The first-order valence-electron chi connectivity index (χ1n) is 6.73. The van der Waals surface area contributed by atoms with Gasteiger partial charge in [0.15, 0.2) is 0 Å². The van der Waals surface area contributed by atoms with E-state index in [1.54, 1.807) is 0 Å². The van der Waals surface area contributed by atoms with Gasteiger partial charge in [0.1, 0.15) is 0 Å². The van der Waals surface area contributed by atoms with Crippen LogP contribution in [0.1, 0.15) is 53.4 Å². The lowest BCUT2D eigenvalue weighted by Gasteiger charge is -2.23. The van der Waals surface area contributed by atoms with Gasteiger partial charge in [0.25, 0.3) is 0 Å². The second-order valence-corrected chi connectivity index (χ2v) is 6.19. The highest BCUT2D eigenvalue weighted by Gasteiger charge is 2.17. The van der Waals surface area contributed by atoms with Crippen LogP contribution in [0, 0.1) is 5.92 Å². The summed E-state index contributed by atoms with van der Waals surface area (Å²) < 4.78 is 11.9. The van der Waals surface area contributed by atoms with E-state index >= 15 is 0 Å². The maximum Gasteiger partial charge on any atom is 0.0391 e. The molecular formula is C13H29NOS. The molecule has 0 heterocycles. The highest BCUT2D eigenvalue weighted by atomic mass is 32.2. The van der Waals surface area contributed by atoms with Crippen LogP contribution in [0.4, 0.5) is 0 Å². The summed E-state index contributed by atoms with van der Waals surface area (Å²) in [5, 5.41) is 3.46. The average Bonchev–Trinajstić information content (AvgIpc) is 2.28. The van der Waals surface area contributed by atoms with Crippen molar-refractivity contribution in [3.05, 3.63) is 0 Å². The maximum atomic E-state index is 11.9. The van der Waals surface area contributed by atoms with Gasteiger partial charge in [0.05, 0.1) is 0 Å². The number of nitrogens with one attached hydrogen (secondary N) is 1. The van der Waals surface area contributed by atoms with E-state index in [-0.39, 0.29) is 0 Å². The third-order valence-electron chi connectivity index (χ3n) is 3.14. The average molecular weight is 247 g/mol. The fraction of sp³-hybridized carbons (Fsp3) is 1.00. The van der Waals surface area contributed by atoms with Crippen molar-refractivity contribution in [2.24, 2.45) is 5.92 Å². The Morgan fingerprint density at radius 3 is 2.38 bits per heavy atom. The SMILES string of the molecule is CCCCCS(=O)CC(NCC)C(C)CC. The first kappa shape index (κ1) is 16.1. The van der Waals surface area contributed by atoms with Crippen LogP contribution in [-0.2, 0) is 10.8 Å². The minimum absolute atomic E-state index is 0.428. The summed E-state index contributed by atoms with van der Waals surface area (Å²) >= 11 is 0. The van der Waals surface area contributed by atoms with E-state index in [4.69, 9.17) is 0 Å². The van der Waals surface area contributed by atoms with Crippen LogP contribution >= 0.6 is 0 Å². The quantitative estimate of drug-likeness (QED) is 0.601. The van der Waals surface area contributed by atoms with Gasteiger partial charge in [-0.05, 0) is 18.9 Å². The minimum atomic E-state index is -0.638. The van der Waals surface area contributed by atoms with E-state index in [0.717, 1.165) is 30.9 Å². The lowest BCUT2D eigenvalue weighted by atomic mass is 10.0. The lowest BCUT2D eigenvalue weighted by molar-refractivity contribution is 0.401. The van der Waals surface area contributed by atoms with Gasteiger partial charge in [0, 0.05) is 28.3 Å². The molecule has 0 aliphatic heterocycles. The first-order valence-corrected chi connectivity index (χ1v) is 8.22. The fourth-order valence-corrected chi connectivity index (χ4v) is 3.31. The molecule has 0 spiro atoms. The van der Waals surface area contributed by atoms with Gasteiger partial charge in [-0.25, -0.2) is 0 Å². The summed E-state index contributed by atoms with van der Waals surface area (Å²) in [7, 11) is -0.638. The van der Waals surface area contributed by atoms with Crippen LogP contribution in [0.3, 0.4) is 0 Å². The summed E-state index contributed by atoms with van der Waals surface area (Å²) in [5.41, 5.74) is 0. The van der Waals surface area contributed by atoms with Crippen molar-refractivity contribution in [2.75, 3.05) is 18.1 Å². The van der Waals surface area contributed by atoms with E-state index in [9.17, 15) is 4.21 Å². The Bertz CT molecular complexity index is 185. The van der Waals surface area contributed by atoms with Crippen molar-refractivity contribution in [3.8, 4) is 0 Å². The normalized spacial score (nSPS) is 17.0. The fourth-order valence-electron chi connectivity index (χ4n) is 1.77. The zero-order valence-corrected chi connectivity index (χ0v) is 12.2. The summed E-state index contributed by atoms with van der Waals surface area (Å²) in [5.74, 6) is 2.33. The predicted molar refractivity (Wildman–Crippen MR) is 74.3 cm³/mol. The molecule has 0 bridgehead atoms. The molecule has 0 saturated heterocycles. The maximum absolute atomic E-state index is 11.9. The third-order valence-corrected chi connectivity index (χ3v) is 4.61. The Morgan fingerprint density at radius 1 is 1.19 bits per heavy atom. The molecule has 0 aromatic rings. The van der Waals surface area contributed by atoms with Gasteiger partial charge in [-0.3, -0.25) is 4.21 Å². The highest BCUT2D eigenvalue weighted by molar-refractivity contribution is 7.85. The number of unbranched alkanes of at least 4 members (excludes halogenated alkanes) is 2. The molecule has 98 valence electrons. The molecule has 3 atom stereocenters. The van der Waals surface area contributed by atoms with Gasteiger partial charge in [-0.15, -0.1) is 0 Å². The van der Waals surface area contributed by atoms with Gasteiger partial charge in [0.2, 0.25) is 0 Å². The standard InChI is InChI=1S/C13H29NOS/c1-5-8-9-10-16(15)11-13(14-7-3)12(4)6-2/h12-14H,5-11H2,1-4H3. The van der Waals surface area contributed by atoms with Gasteiger partial charge >= 0.3 is 0 Å². The van der Waals surface area contributed by atoms with Crippen molar-refractivity contribution < 1.29 is 4.21 Å². The Balaban J connectivity index is 3.92. The van der Waals surface area contributed by atoms with Crippen LogP contribution in [0.5, 0.6) is 0 Å².